The zero-order valence-electron chi connectivity index (χ0n) is 19.7. The molecule has 0 unspecified atom stereocenters. The Balaban J connectivity index is 0.000000214. The summed E-state index contributed by atoms with van der Waals surface area (Å²) in [5.41, 5.74) is 2.81. The zero-order valence-corrected chi connectivity index (χ0v) is 22.7. The first-order valence-electron chi connectivity index (χ1n) is 10.9. The van der Waals surface area contributed by atoms with Crippen molar-refractivity contribution in [1.29, 1.82) is 0 Å². The molecule has 0 saturated carbocycles. The third kappa shape index (κ3) is 11.6. The molecule has 0 heterocycles. The third-order valence-electron chi connectivity index (χ3n) is 4.64. The lowest BCUT2D eigenvalue weighted by Gasteiger charge is -1.97. The number of ketones is 2. The van der Waals surface area contributed by atoms with Crippen molar-refractivity contribution in [3.05, 3.63) is 145 Å². The fourth-order valence-corrected chi connectivity index (χ4v) is 3.37. The molecule has 188 valence electrons. The average Bonchev–Trinajstić information content (AvgIpc) is 2.89. The van der Waals surface area contributed by atoms with Crippen molar-refractivity contribution in [2.45, 2.75) is 6.92 Å². The lowest BCUT2D eigenvalue weighted by molar-refractivity contribution is 0.101. The first-order valence-corrected chi connectivity index (χ1v) is 12.4. The van der Waals surface area contributed by atoms with Gasteiger partial charge in [0.05, 0.1) is 0 Å². The van der Waals surface area contributed by atoms with Crippen LogP contribution in [0.1, 0.15) is 43.6 Å². The molecule has 0 bridgehead atoms. The van der Waals surface area contributed by atoms with Crippen LogP contribution in [0.15, 0.2) is 103 Å². The van der Waals surface area contributed by atoms with E-state index in [4.69, 9.17) is 46.4 Å². The molecular formula is C30H22Cl4O3. The number of hydrogen-bond acceptors (Lipinski definition) is 3. The molecule has 0 spiro atoms. The Morgan fingerprint density at radius 2 is 1.05 bits per heavy atom. The van der Waals surface area contributed by atoms with Crippen LogP contribution < -0.4 is 0 Å². The maximum Gasteiger partial charge on any atom is 0.185 e. The van der Waals surface area contributed by atoms with E-state index in [1.165, 1.54) is 13.0 Å². The van der Waals surface area contributed by atoms with E-state index in [1.807, 2.05) is 12.1 Å². The minimum absolute atomic E-state index is 0.0440. The first-order chi connectivity index (χ1) is 17.7. The molecule has 0 atom stereocenters. The normalized spacial score (nSPS) is 9.97. The number of benzene rings is 4. The van der Waals surface area contributed by atoms with Crippen LogP contribution >= 0.6 is 46.4 Å². The van der Waals surface area contributed by atoms with Crippen molar-refractivity contribution in [1.82, 2.24) is 0 Å². The number of halogens is 4. The van der Waals surface area contributed by atoms with Gasteiger partial charge in [-0.3, -0.25) is 14.4 Å². The number of Topliss-reactive ketones (excluding diaryl/α,β-unsaturated/α-hetero) is 1. The van der Waals surface area contributed by atoms with Crippen LogP contribution in [0.4, 0.5) is 0 Å². The predicted molar refractivity (Wildman–Crippen MR) is 155 cm³/mol. The van der Waals surface area contributed by atoms with Gasteiger partial charge in [-0.25, -0.2) is 0 Å². The van der Waals surface area contributed by atoms with E-state index in [2.05, 4.69) is 0 Å². The van der Waals surface area contributed by atoms with Gasteiger partial charge in [0.1, 0.15) is 6.29 Å². The predicted octanol–water partition coefficient (Wildman–Crippen LogP) is 9.58. The molecule has 0 fully saturated rings. The lowest BCUT2D eigenvalue weighted by atomic mass is 10.1. The summed E-state index contributed by atoms with van der Waals surface area (Å²) in [6.07, 6.45) is 4.06. The Labute approximate surface area is 236 Å². The molecule has 0 radical (unpaired) electrons. The summed E-state index contributed by atoms with van der Waals surface area (Å²) >= 11 is 22.8. The highest BCUT2D eigenvalue weighted by molar-refractivity contribution is 6.31. The molecule has 0 aliphatic heterocycles. The molecule has 0 amide bonds. The van der Waals surface area contributed by atoms with Gasteiger partial charge in [0.25, 0.3) is 0 Å². The van der Waals surface area contributed by atoms with E-state index < -0.39 is 0 Å². The highest BCUT2D eigenvalue weighted by atomic mass is 35.5. The van der Waals surface area contributed by atoms with Crippen LogP contribution in [-0.2, 0) is 0 Å². The van der Waals surface area contributed by atoms with Crippen molar-refractivity contribution in [3.63, 3.8) is 0 Å². The van der Waals surface area contributed by atoms with E-state index in [0.29, 0.717) is 36.8 Å². The van der Waals surface area contributed by atoms with Gasteiger partial charge in [-0.15, -0.1) is 0 Å². The molecule has 0 aliphatic rings. The standard InChI is InChI=1S/C15H10Cl2O.C8H7ClO.C7H5ClO/c16-13-7-4-11(5-8-13)6-9-15(18)12-2-1-3-14(17)10-12;1-6(10)7-3-2-4-8(9)5-7;8-7-3-1-6(5-9)2-4-7/h1-10H;2-5H,1H3;1-5H/b9-6+;;. The Hall–Kier alpha value is -3.21. The second-order valence-electron chi connectivity index (χ2n) is 7.50. The molecule has 0 N–H and O–H groups in total. The van der Waals surface area contributed by atoms with Crippen LogP contribution in [0.2, 0.25) is 20.1 Å². The molecule has 0 aliphatic carbocycles. The van der Waals surface area contributed by atoms with Crippen LogP contribution in [0.5, 0.6) is 0 Å². The van der Waals surface area contributed by atoms with E-state index in [1.54, 1.807) is 91.0 Å². The molecule has 4 aromatic rings. The Morgan fingerprint density at radius 3 is 1.49 bits per heavy atom. The number of hydrogen-bond donors (Lipinski definition) is 0. The van der Waals surface area contributed by atoms with E-state index in [0.717, 1.165) is 11.8 Å². The average molecular weight is 572 g/mol. The first kappa shape index (κ1) is 30.0. The number of carbonyl (C=O) groups is 3. The number of rotatable bonds is 5. The third-order valence-corrected chi connectivity index (χ3v) is 5.62. The summed E-state index contributed by atoms with van der Waals surface area (Å²) in [6.45, 7) is 1.52. The van der Waals surface area contributed by atoms with Gasteiger partial charge in [-0.1, -0.05) is 101 Å². The van der Waals surface area contributed by atoms with Gasteiger partial charge >= 0.3 is 0 Å². The number of aldehydes is 1. The van der Waals surface area contributed by atoms with Gasteiger partial charge in [0, 0.05) is 36.8 Å². The smallest absolute Gasteiger partial charge is 0.185 e. The van der Waals surface area contributed by atoms with Gasteiger partial charge in [-0.2, -0.15) is 0 Å². The maximum absolute atomic E-state index is 11.9. The topological polar surface area (TPSA) is 51.2 Å². The van der Waals surface area contributed by atoms with Crippen LogP contribution in [0, 0.1) is 0 Å². The van der Waals surface area contributed by atoms with Crippen molar-refractivity contribution >= 4 is 70.3 Å². The molecule has 4 aromatic carbocycles. The largest absolute Gasteiger partial charge is 0.298 e. The summed E-state index contributed by atoms with van der Waals surface area (Å²) in [5.74, 6) is -0.0325. The highest BCUT2D eigenvalue weighted by Gasteiger charge is 2.01. The molecule has 7 heteroatoms. The Kier molecular flexibility index (Phi) is 12.8. The minimum Gasteiger partial charge on any atom is -0.298 e. The second kappa shape index (κ2) is 15.8. The van der Waals surface area contributed by atoms with Crippen molar-refractivity contribution in [2.75, 3.05) is 0 Å². The quantitative estimate of drug-likeness (QED) is 0.136. The summed E-state index contributed by atoms with van der Waals surface area (Å²) in [7, 11) is 0. The SMILES string of the molecule is CC(=O)c1cccc(Cl)c1.O=C(/C=C/c1ccc(Cl)cc1)c1cccc(Cl)c1.O=Cc1ccc(Cl)cc1. The maximum atomic E-state index is 11.9. The van der Waals surface area contributed by atoms with Crippen molar-refractivity contribution in [2.24, 2.45) is 0 Å². The van der Waals surface area contributed by atoms with Crippen molar-refractivity contribution in [3.8, 4) is 0 Å². The van der Waals surface area contributed by atoms with Crippen molar-refractivity contribution < 1.29 is 14.4 Å². The number of allylic oxidation sites excluding steroid dienone is 1. The van der Waals surface area contributed by atoms with E-state index in [-0.39, 0.29) is 11.6 Å². The van der Waals surface area contributed by atoms with Crippen LogP contribution in [0.25, 0.3) is 6.08 Å². The molecule has 37 heavy (non-hydrogen) atoms. The Morgan fingerprint density at radius 1 is 0.595 bits per heavy atom. The number of carbonyl (C=O) groups excluding carboxylic acids is 3. The van der Waals surface area contributed by atoms with E-state index >= 15 is 0 Å². The molecule has 0 aromatic heterocycles. The highest BCUT2D eigenvalue weighted by Crippen LogP contribution is 2.14. The Bertz CT molecular complexity index is 1360. The summed E-state index contributed by atoms with van der Waals surface area (Å²) in [6, 6.07) is 27.8. The minimum atomic E-state index is -0.0764. The van der Waals surface area contributed by atoms with E-state index in [9.17, 15) is 14.4 Å². The molecule has 3 nitrogen and oxygen atoms in total. The molecule has 0 saturated heterocycles. The van der Waals surface area contributed by atoms with Crippen LogP contribution in [-0.4, -0.2) is 17.9 Å². The fraction of sp³-hybridized carbons (Fsp3) is 0.0333. The summed E-state index contributed by atoms with van der Waals surface area (Å²) < 4.78 is 0. The summed E-state index contributed by atoms with van der Waals surface area (Å²) in [4.78, 5) is 32.7. The van der Waals surface area contributed by atoms with Gasteiger partial charge in [-0.05, 0) is 67.1 Å². The monoisotopic (exact) mass is 570 g/mol. The van der Waals surface area contributed by atoms with Gasteiger partial charge < -0.3 is 0 Å². The second-order valence-corrected chi connectivity index (χ2v) is 9.24. The zero-order chi connectivity index (χ0) is 27.2. The molecule has 4 rings (SSSR count). The van der Waals surface area contributed by atoms with Gasteiger partial charge in [0.15, 0.2) is 11.6 Å². The van der Waals surface area contributed by atoms with Gasteiger partial charge in [0.2, 0.25) is 0 Å². The molecular weight excluding hydrogens is 550 g/mol. The fourth-order valence-electron chi connectivity index (χ4n) is 2.73. The summed E-state index contributed by atoms with van der Waals surface area (Å²) in [5, 5.41) is 2.49. The van der Waals surface area contributed by atoms with Crippen LogP contribution in [0.3, 0.4) is 0 Å². The lowest BCUT2D eigenvalue weighted by Crippen LogP contribution is -1.93.